The van der Waals surface area contributed by atoms with E-state index >= 15 is 0 Å². The van der Waals surface area contributed by atoms with Gasteiger partial charge >= 0.3 is 5.97 Å². The van der Waals surface area contributed by atoms with Crippen LogP contribution < -0.4 is 0 Å². The second-order valence-electron chi connectivity index (χ2n) is 5.65. The molecule has 0 aromatic heterocycles. The molecule has 0 amide bonds. The average molecular weight is 348 g/mol. The molecule has 0 aliphatic carbocycles. The molecule has 5 nitrogen and oxygen atoms in total. The molecule has 24 heavy (non-hydrogen) atoms. The van der Waals surface area contributed by atoms with Crippen LogP contribution in [-0.4, -0.2) is 43.3 Å². The van der Waals surface area contributed by atoms with Crippen LogP contribution in [0.1, 0.15) is 31.4 Å². The van der Waals surface area contributed by atoms with Crippen LogP contribution in [-0.2, 0) is 9.53 Å². The Labute approximate surface area is 147 Å². The summed E-state index contributed by atoms with van der Waals surface area (Å²) >= 11 is 6.35. The molecule has 6 heteroatoms. The van der Waals surface area contributed by atoms with Crippen molar-refractivity contribution in [2.45, 2.75) is 25.8 Å². The molecule has 1 heterocycles. The molecule has 1 saturated heterocycles. The van der Waals surface area contributed by atoms with Gasteiger partial charge in [0.15, 0.2) is 5.92 Å². The van der Waals surface area contributed by atoms with Gasteiger partial charge in [-0.25, -0.2) is 0 Å². The molecule has 0 unspecified atom stereocenters. The topological polar surface area (TPSA) is 65.7 Å². The first kappa shape index (κ1) is 18.4. The van der Waals surface area contributed by atoms with Crippen molar-refractivity contribution in [1.82, 2.24) is 4.90 Å². The number of likely N-dealkylation sites (tertiary alicyclic amines) is 1. The van der Waals surface area contributed by atoms with Gasteiger partial charge in [-0.1, -0.05) is 29.8 Å². The van der Waals surface area contributed by atoms with Gasteiger partial charge in [-0.3, -0.25) is 14.7 Å². The van der Waals surface area contributed by atoms with Crippen LogP contribution in [0.4, 0.5) is 0 Å². The number of nitriles is 1. The summed E-state index contributed by atoms with van der Waals surface area (Å²) in [4.78, 5) is 18.4. The Hall–Kier alpha value is -1.90. The lowest BCUT2D eigenvalue weighted by molar-refractivity contribution is -0.143. The predicted octanol–water partition coefficient (Wildman–Crippen LogP) is 3.25. The van der Waals surface area contributed by atoms with E-state index in [1.165, 1.54) is 6.21 Å². The lowest BCUT2D eigenvalue weighted by Crippen LogP contribution is -2.28. The van der Waals surface area contributed by atoms with Crippen molar-refractivity contribution >= 4 is 23.8 Å². The van der Waals surface area contributed by atoms with Gasteiger partial charge in [0.2, 0.25) is 0 Å². The molecule has 1 aromatic carbocycles. The monoisotopic (exact) mass is 347 g/mol. The van der Waals surface area contributed by atoms with Crippen molar-refractivity contribution in [3.8, 4) is 6.07 Å². The first-order valence-electron chi connectivity index (χ1n) is 8.22. The highest BCUT2D eigenvalue weighted by Crippen LogP contribution is 2.30. The molecule has 0 N–H and O–H groups in total. The van der Waals surface area contributed by atoms with Crippen LogP contribution in [0.25, 0.3) is 0 Å². The summed E-state index contributed by atoms with van der Waals surface area (Å²) in [5.41, 5.74) is 1.03. The van der Waals surface area contributed by atoms with Crippen molar-refractivity contribution in [2.24, 2.45) is 10.9 Å². The smallest absolute Gasteiger partial charge is 0.328 e. The van der Waals surface area contributed by atoms with Crippen LogP contribution in [0.2, 0.25) is 5.02 Å². The van der Waals surface area contributed by atoms with E-state index in [9.17, 15) is 4.79 Å². The normalized spacial score (nSPS) is 17.5. The summed E-state index contributed by atoms with van der Waals surface area (Å²) < 4.78 is 4.87. The minimum atomic E-state index is -0.963. The molecule has 1 aromatic rings. The molecule has 0 radical (unpaired) electrons. The molecule has 1 aliphatic rings. The molecule has 2 atom stereocenters. The third kappa shape index (κ3) is 4.80. The van der Waals surface area contributed by atoms with Crippen LogP contribution in [0.5, 0.6) is 0 Å². The lowest BCUT2D eigenvalue weighted by Gasteiger charge is -2.27. The Morgan fingerprint density at radius 2 is 2.17 bits per heavy atom. The highest BCUT2D eigenvalue weighted by molar-refractivity contribution is 6.31. The van der Waals surface area contributed by atoms with Crippen molar-refractivity contribution in [3.05, 3.63) is 34.9 Å². The molecule has 128 valence electrons. The summed E-state index contributed by atoms with van der Waals surface area (Å²) in [5.74, 6) is -1.52. The maximum atomic E-state index is 11.7. The Kier molecular flexibility index (Phi) is 7.23. The summed E-state index contributed by atoms with van der Waals surface area (Å²) in [7, 11) is 0. The number of carbonyl (C=O) groups is 1. The van der Waals surface area contributed by atoms with Crippen LogP contribution in [0, 0.1) is 17.2 Å². The van der Waals surface area contributed by atoms with E-state index in [2.05, 4.69) is 9.89 Å². The van der Waals surface area contributed by atoms with Crippen molar-refractivity contribution in [2.75, 3.05) is 26.2 Å². The van der Waals surface area contributed by atoms with Crippen molar-refractivity contribution in [1.29, 1.82) is 5.26 Å². The summed E-state index contributed by atoms with van der Waals surface area (Å²) in [6.45, 7) is 4.43. The molecule has 1 fully saturated rings. The number of carbonyl (C=O) groups excluding carboxylic acids is 1. The third-order valence-electron chi connectivity index (χ3n) is 4.06. The van der Waals surface area contributed by atoms with E-state index in [4.69, 9.17) is 21.6 Å². The highest BCUT2D eigenvalue weighted by atomic mass is 35.5. The molecule has 0 bridgehead atoms. The van der Waals surface area contributed by atoms with E-state index in [-0.39, 0.29) is 12.6 Å². The summed E-state index contributed by atoms with van der Waals surface area (Å²) in [5, 5.41) is 9.80. The van der Waals surface area contributed by atoms with Crippen molar-refractivity contribution in [3.63, 3.8) is 0 Å². The molecular formula is C18H22ClN3O2. The van der Waals surface area contributed by atoms with E-state index in [0.717, 1.165) is 31.5 Å². The van der Waals surface area contributed by atoms with Crippen LogP contribution in [0.15, 0.2) is 29.3 Å². The maximum Gasteiger partial charge on any atom is 0.328 e. The third-order valence-corrected chi connectivity index (χ3v) is 4.40. The Morgan fingerprint density at radius 1 is 1.46 bits per heavy atom. The first-order valence-corrected chi connectivity index (χ1v) is 8.59. The number of halogens is 1. The van der Waals surface area contributed by atoms with Gasteiger partial charge in [-0.15, -0.1) is 0 Å². The fourth-order valence-electron chi connectivity index (χ4n) is 2.85. The molecule has 1 aliphatic heterocycles. The molecular weight excluding hydrogens is 326 g/mol. The number of esters is 1. The lowest BCUT2D eigenvalue weighted by atomic mass is 10.1. The molecule has 0 spiro atoms. The summed E-state index contributed by atoms with van der Waals surface area (Å²) in [6, 6.07) is 9.72. The van der Waals surface area contributed by atoms with Gasteiger partial charge in [0.25, 0.3) is 0 Å². The van der Waals surface area contributed by atoms with Gasteiger partial charge in [0.1, 0.15) is 0 Å². The summed E-state index contributed by atoms with van der Waals surface area (Å²) in [6.07, 6.45) is 3.71. The van der Waals surface area contributed by atoms with E-state index in [0.29, 0.717) is 11.6 Å². The zero-order chi connectivity index (χ0) is 17.4. The quantitative estimate of drug-likeness (QED) is 0.561. The number of rotatable bonds is 7. The number of ether oxygens (including phenoxy) is 1. The fraction of sp³-hybridized carbons (Fsp3) is 0.500. The SMILES string of the molecule is CCOC(=O)[C@@H](C#N)C=NC[C@@H](c1ccccc1Cl)N1CCCC1. The Morgan fingerprint density at radius 3 is 2.79 bits per heavy atom. The van der Waals surface area contributed by atoms with E-state index in [1.54, 1.807) is 6.92 Å². The minimum Gasteiger partial charge on any atom is -0.465 e. The number of hydrogen-bond acceptors (Lipinski definition) is 5. The average Bonchev–Trinajstić information content (AvgIpc) is 3.10. The van der Waals surface area contributed by atoms with Gasteiger partial charge in [0.05, 0.1) is 25.3 Å². The Balaban J connectivity index is 2.11. The number of nitrogens with zero attached hydrogens (tertiary/aromatic N) is 3. The Bertz CT molecular complexity index is 621. The first-order chi connectivity index (χ1) is 11.7. The van der Waals surface area contributed by atoms with Gasteiger partial charge < -0.3 is 4.74 Å². The van der Waals surface area contributed by atoms with Gasteiger partial charge in [-0.05, 0) is 44.5 Å². The maximum absolute atomic E-state index is 11.7. The zero-order valence-electron chi connectivity index (χ0n) is 13.8. The predicted molar refractivity (Wildman–Crippen MR) is 94.1 cm³/mol. The molecule has 2 rings (SSSR count). The van der Waals surface area contributed by atoms with E-state index < -0.39 is 11.9 Å². The number of benzene rings is 1. The van der Waals surface area contributed by atoms with Crippen LogP contribution in [0.3, 0.4) is 0 Å². The second-order valence-corrected chi connectivity index (χ2v) is 6.06. The van der Waals surface area contributed by atoms with Gasteiger partial charge in [-0.2, -0.15) is 5.26 Å². The zero-order valence-corrected chi connectivity index (χ0v) is 14.6. The largest absolute Gasteiger partial charge is 0.465 e. The van der Waals surface area contributed by atoms with Crippen molar-refractivity contribution < 1.29 is 9.53 Å². The van der Waals surface area contributed by atoms with Crippen LogP contribution >= 0.6 is 11.6 Å². The fourth-order valence-corrected chi connectivity index (χ4v) is 3.12. The van der Waals surface area contributed by atoms with E-state index in [1.807, 2.05) is 30.3 Å². The second kappa shape index (κ2) is 9.41. The highest BCUT2D eigenvalue weighted by Gasteiger charge is 2.25. The van der Waals surface area contributed by atoms with Gasteiger partial charge in [0, 0.05) is 11.2 Å². The number of aliphatic imine (C=N–C) groups is 1. The standard InChI is InChI=1S/C18H22ClN3O2/c1-2-24-18(23)14(11-20)12-21-13-17(22-9-5-6-10-22)15-7-3-4-8-16(15)19/h3-4,7-8,12,14,17H,2,5-6,9-10,13H2,1H3/t14-,17-/m0/s1. The molecule has 0 saturated carbocycles. The minimum absolute atomic E-state index is 0.0546. The number of hydrogen-bond donors (Lipinski definition) is 0.